The molecule has 0 bridgehead atoms. The second kappa shape index (κ2) is 7.87. The van der Waals surface area contributed by atoms with E-state index >= 15 is 0 Å². The van der Waals surface area contributed by atoms with Crippen LogP contribution in [0.5, 0.6) is 0 Å². The number of rotatable bonds is 3. The van der Waals surface area contributed by atoms with Crippen LogP contribution in [0.3, 0.4) is 0 Å². The Morgan fingerprint density at radius 1 is 0.762 bits per heavy atom. The van der Waals surface area contributed by atoms with Gasteiger partial charge in [-0.3, -0.25) is 0 Å². The molecule has 2 aromatic rings. The molecule has 0 saturated heterocycles. The zero-order chi connectivity index (χ0) is 14.3. The van der Waals surface area contributed by atoms with Crippen LogP contribution in [0, 0.1) is 0 Å². The first kappa shape index (κ1) is 21.5. The van der Waals surface area contributed by atoms with Crippen molar-refractivity contribution >= 4 is 31.0 Å². The molecule has 0 spiro atoms. The second-order valence-corrected chi connectivity index (χ2v) is 7.10. The largest absolute Gasteiger partial charge is 1.00 e. The van der Waals surface area contributed by atoms with Crippen molar-refractivity contribution in [3.8, 4) is 0 Å². The molecule has 6 nitrogen and oxygen atoms in total. The molecular weight excluding hydrogens is 338 g/mol. The van der Waals surface area contributed by atoms with Gasteiger partial charge in [-0.05, 0) is 16.3 Å². The molecule has 0 unspecified atom stereocenters. The predicted molar refractivity (Wildman–Crippen MR) is 66.1 cm³/mol. The molecule has 0 heterocycles. The molecule has 0 aromatic heterocycles. The van der Waals surface area contributed by atoms with Crippen molar-refractivity contribution in [1.82, 2.24) is 0 Å². The summed E-state index contributed by atoms with van der Waals surface area (Å²) in [5, 5.41) is 0.783. The molecule has 0 atom stereocenters. The summed E-state index contributed by atoms with van der Waals surface area (Å²) in [6.45, 7) is 0. The van der Waals surface area contributed by atoms with Crippen molar-refractivity contribution < 1.29 is 85.1 Å². The summed E-state index contributed by atoms with van der Waals surface area (Å²) >= 11 is 0. The van der Waals surface area contributed by atoms with Gasteiger partial charge in [0.05, 0.1) is 0 Å². The molecule has 102 valence electrons. The first-order chi connectivity index (χ1) is 8.71. The van der Waals surface area contributed by atoms with Gasteiger partial charge < -0.3 is 9.11 Å². The molecular formula is C11H8Na2O6S2. The van der Waals surface area contributed by atoms with Crippen molar-refractivity contribution in [3.05, 3.63) is 48.0 Å². The van der Waals surface area contributed by atoms with Crippen molar-refractivity contribution in [1.29, 1.82) is 0 Å². The standard InChI is InChI=1S/C11H10O6S2.2Na/c12-18(13,14)11(19(15,16)17)10-7-3-5-8-4-1-2-6-9(8)10;;/h1-7,11H,(H,12,13,14)(H,15,16,17);;/q;2*+1/p-2. The Kier molecular flexibility index (Phi) is 8.06. The average Bonchev–Trinajstić information content (AvgIpc) is 2.25. The van der Waals surface area contributed by atoms with E-state index in [2.05, 4.69) is 0 Å². The summed E-state index contributed by atoms with van der Waals surface area (Å²) in [6, 6.07) is 10.4. The molecule has 0 N–H and O–H groups in total. The summed E-state index contributed by atoms with van der Waals surface area (Å²) in [6.07, 6.45) is 0. The maximum absolute atomic E-state index is 11.1. The molecule has 0 fully saturated rings. The number of fused-ring (bicyclic) bond motifs is 1. The van der Waals surface area contributed by atoms with E-state index in [0.29, 0.717) is 5.39 Å². The summed E-state index contributed by atoms with van der Waals surface area (Å²) in [5.74, 6) is 0. The zero-order valence-corrected chi connectivity index (χ0v) is 17.0. The van der Waals surface area contributed by atoms with Crippen LogP contribution in [0.1, 0.15) is 10.1 Å². The Hall–Kier alpha value is 0.520. The fraction of sp³-hybridized carbons (Fsp3) is 0.0909. The first-order valence-corrected chi connectivity index (χ1v) is 8.02. The molecule has 0 radical (unpaired) electrons. The third-order valence-corrected chi connectivity index (χ3v) is 5.57. The second-order valence-electron chi connectivity index (χ2n) is 3.89. The van der Waals surface area contributed by atoms with Crippen molar-refractivity contribution in [2.75, 3.05) is 0 Å². The molecule has 10 heteroatoms. The minimum Gasteiger partial charge on any atom is -0.747 e. The Labute approximate surface area is 167 Å². The molecule has 0 saturated carbocycles. The van der Waals surface area contributed by atoms with Gasteiger partial charge in [-0.1, -0.05) is 42.5 Å². The van der Waals surface area contributed by atoms with Gasteiger partial charge in [0.1, 0.15) is 20.2 Å². The summed E-state index contributed by atoms with van der Waals surface area (Å²) in [5.41, 5.74) is -0.317. The van der Waals surface area contributed by atoms with Crippen molar-refractivity contribution in [2.24, 2.45) is 0 Å². The average molecular weight is 346 g/mol. The quantitative estimate of drug-likeness (QED) is 0.406. The van der Waals surface area contributed by atoms with Crippen LogP contribution in [0.15, 0.2) is 42.5 Å². The van der Waals surface area contributed by atoms with E-state index in [1.165, 1.54) is 12.1 Å². The number of benzene rings is 2. The zero-order valence-electron chi connectivity index (χ0n) is 11.4. The van der Waals surface area contributed by atoms with Crippen LogP contribution < -0.4 is 59.1 Å². The third kappa shape index (κ3) is 5.00. The molecule has 21 heavy (non-hydrogen) atoms. The van der Waals surface area contributed by atoms with E-state index in [-0.39, 0.29) is 70.1 Å². The van der Waals surface area contributed by atoms with Gasteiger partial charge in [0.2, 0.25) is 0 Å². The van der Waals surface area contributed by atoms with Crippen LogP contribution in [0.25, 0.3) is 10.8 Å². The molecule has 2 rings (SSSR count). The van der Waals surface area contributed by atoms with Gasteiger partial charge in [0.15, 0.2) is 4.58 Å². The number of hydrogen-bond donors (Lipinski definition) is 0. The van der Waals surface area contributed by atoms with Crippen molar-refractivity contribution in [2.45, 2.75) is 4.58 Å². The van der Waals surface area contributed by atoms with Gasteiger partial charge in [-0.2, -0.15) is 0 Å². The molecule has 0 aliphatic heterocycles. The minimum atomic E-state index is -5.32. The van der Waals surface area contributed by atoms with Crippen LogP contribution in [0.4, 0.5) is 0 Å². The van der Waals surface area contributed by atoms with Crippen LogP contribution in [-0.4, -0.2) is 25.9 Å². The maximum Gasteiger partial charge on any atom is 1.00 e. The molecule has 2 aromatic carbocycles. The van der Waals surface area contributed by atoms with E-state index in [1.807, 2.05) is 0 Å². The predicted octanol–water partition coefficient (Wildman–Crippen LogP) is -5.06. The van der Waals surface area contributed by atoms with Gasteiger partial charge in [0.25, 0.3) is 0 Å². The summed E-state index contributed by atoms with van der Waals surface area (Å²) < 4.78 is 63.9. The third-order valence-electron chi connectivity index (χ3n) is 2.60. The van der Waals surface area contributed by atoms with Gasteiger partial charge >= 0.3 is 59.1 Å². The van der Waals surface area contributed by atoms with E-state index in [9.17, 15) is 25.9 Å². The first-order valence-electron chi connectivity index (χ1n) is 5.08. The Morgan fingerprint density at radius 2 is 1.24 bits per heavy atom. The normalized spacial score (nSPS) is 11.8. The minimum absolute atomic E-state index is 0. The van der Waals surface area contributed by atoms with E-state index in [1.54, 1.807) is 24.3 Å². The van der Waals surface area contributed by atoms with Gasteiger partial charge in [-0.15, -0.1) is 0 Å². The summed E-state index contributed by atoms with van der Waals surface area (Å²) in [7, 11) is -10.6. The van der Waals surface area contributed by atoms with Crippen molar-refractivity contribution in [3.63, 3.8) is 0 Å². The molecule has 0 amide bonds. The molecule has 0 aliphatic rings. The Bertz CT molecular complexity index is 795. The molecule has 0 aliphatic carbocycles. The van der Waals surface area contributed by atoms with E-state index in [0.717, 1.165) is 6.07 Å². The fourth-order valence-corrected chi connectivity index (χ4v) is 4.10. The van der Waals surface area contributed by atoms with Gasteiger partial charge in [-0.25, -0.2) is 16.8 Å². The monoisotopic (exact) mass is 346 g/mol. The smallest absolute Gasteiger partial charge is 0.747 e. The Morgan fingerprint density at radius 3 is 1.76 bits per heavy atom. The fourth-order valence-electron chi connectivity index (χ4n) is 1.91. The van der Waals surface area contributed by atoms with Gasteiger partial charge in [0, 0.05) is 0 Å². The van der Waals surface area contributed by atoms with Crippen LogP contribution in [-0.2, 0) is 20.2 Å². The maximum atomic E-state index is 11.1. The summed E-state index contributed by atoms with van der Waals surface area (Å²) in [4.78, 5) is 0. The SMILES string of the molecule is O=S(=O)([O-])C(c1cccc2ccccc12)S(=O)(=O)[O-].[Na+].[Na+]. The Balaban J connectivity index is 0.00000200. The van der Waals surface area contributed by atoms with E-state index < -0.39 is 24.8 Å². The van der Waals surface area contributed by atoms with E-state index in [4.69, 9.17) is 0 Å². The topological polar surface area (TPSA) is 114 Å². The van der Waals surface area contributed by atoms with Crippen LogP contribution in [0.2, 0.25) is 0 Å². The van der Waals surface area contributed by atoms with Crippen LogP contribution >= 0.6 is 0 Å². The number of hydrogen-bond acceptors (Lipinski definition) is 6.